The number of aliphatic carboxylic acids is 1. The molecule has 0 aromatic rings. The normalized spacial score (nSPS) is 27.6. The topological polar surface area (TPSA) is 69.6 Å². The number of hydrogen-bond acceptors (Lipinski definition) is 3. The van der Waals surface area contributed by atoms with Crippen molar-refractivity contribution in [3.63, 3.8) is 0 Å². The fraction of sp³-hybridized carbons (Fsp3) is 0.867. The van der Waals surface area contributed by atoms with E-state index in [4.69, 9.17) is 5.11 Å². The van der Waals surface area contributed by atoms with E-state index in [-0.39, 0.29) is 24.4 Å². The number of rotatable bonds is 6. The molecular formula is C15H26N2O3. The molecule has 1 aliphatic heterocycles. The first-order valence-corrected chi connectivity index (χ1v) is 7.68. The molecule has 2 rings (SSSR count). The minimum Gasteiger partial charge on any atom is -0.480 e. The van der Waals surface area contributed by atoms with Crippen LogP contribution < -0.4 is 5.32 Å². The Kier molecular flexibility index (Phi) is 5.02. The van der Waals surface area contributed by atoms with Gasteiger partial charge >= 0.3 is 5.97 Å². The van der Waals surface area contributed by atoms with Gasteiger partial charge in [0.15, 0.2) is 0 Å². The van der Waals surface area contributed by atoms with E-state index >= 15 is 0 Å². The molecule has 20 heavy (non-hydrogen) atoms. The van der Waals surface area contributed by atoms with Crippen LogP contribution in [0.2, 0.25) is 0 Å². The number of amides is 1. The van der Waals surface area contributed by atoms with Crippen molar-refractivity contribution in [2.75, 3.05) is 19.6 Å². The van der Waals surface area contributed by atoms with Crippen LogP contribution in [0.3, 0.4) is 0 Å². The Morgan fingerprint density at radius 2 is 1.95 bits per heavy atom. The number of nitrogens with one attached hydrogen (secondary N) is 1. The second-order valence-corrected chi connectivity index (χ2v) is 6.73. The molecule has 2 fully saturated rings. The molecule has 2 N–H and O–H groups in total. The SMILES string of the molecule is CC(C)C(=O)NC1CC(CC2CC2)CN(CC(=O)O)C1. The van der Waals surface area contributed by atoms with Gasteiger partial charge in [-0.25, -0.2) is 0 Å². The van der Waals surface area contributed by atoms with Gasteiger partial charge in [-0.2, -0.15) is 0 Å². The first-order valence-electron chi connectivity index (χ1n) is 7.68. The van der Waals surface area contributed by atoms with Gasteiger partial charge in [0.05, 0.1) is 6.54 Å². The Morgan fingerprint density at radius 1 is 1.25 bits per heavy atom. The first kappa shape index (κ1) is 15.3. The number of likely N-dealkylation sites (tertiary alicyclic amines) is 1. The number of nitrogens with zero attached hydrogens (tertiary/aromatic N) is 1. The maximum Gasteiger partial charge on any atom is 0.317 e. The zero-order chi connectivity index (χ0) is 14.7. The van der Waals surface area contributed by atoms with Crippen molar-refractivity contribution in [2.24, 2.45) is 17.8 Å². The van der Waals surface area contributed by atoms with Crippen LogP contribution in [0, 0.1) is 17.8 Å². The van der Waals surface area contributed by atoms with E-state index in [2.05, 4.69) is 5.32 Å². The van der Waals surface area contributed by atoms with Gasteiger partial charge in [0, 0.05) is 25.0 Å². The molecule has 2 unspecified atom stereocenters. The van der Waals surface area contributed by atoms with Crippen LogP contribution in [0.15, 0.2) is 0 Å². The summed E-state index contributed by atoms with van der Waals surface area (Å²) in [6.07, 6.45) is 4.81. The molecule has 5 nitrogen and oxygen atoms in total. The minimum atomic E-state index is -0.786. The van der Waals surface area contributed by atoms with Crippen LogP contribution in [0.4, 0.5) is 0 Å². The van der Waals surface area contributed by atoms with Gasteiger partial charge in [-0.05, 0) is 24.7 Å². The summed E-state index contributed by atoms with van der Waals surface area (Å²) in [7, 11) is 0. The number of hydrogen-bond donors (Lipinski definition) is 2. The quantitative estimate of drug-likeness (QED) is 0.771. The Labute approximate surface area is 120 Å². The fourth-order valence-corrected chi connectivity index (χ4v) is 3.09. The zero-order valence-electron chi connectivity index (χ0n) is 12.5. The lowest BCUT2D eigenvalue weighted by atomic mass is 9.89. The second-order valence-electron chi connectivity index (χ2n) is 6.73. The lowest BCUT2D eigenvalue weighted by Gasteiger charge is -2.37. The molecule has 0 radical (unpaired) electrons. The summed E-state index contributed by atoms with van der Waals surface area (Å²) in [4.78, 5) is 24.7. The van der Waals surface area contributed by atoms with E-state index in [1.54, 1.807) is 0 Å². The molecule has 1 heterocycles. The Bertz CT molecular complexity index is 366. The minimum absolute atomic E-state index is 0.0215. The highest BCUT2D eigenvalue weighted by atomic mass is 16.4. The highest BCUT2D eigenvalue weighted by molar-refractivity contribution is 5.78. The van der Waals surface area contributed by atoms with Crippen LogP contribution >= 0.6 is 0 Å². The summed E-state index contributed by atoms with van der Waals surface area (Å²) >= 11 is 0. The molecule has 2 aliphatic rings. The maximum absolute atomic E-state index is 11.8. The predicted molar refractivity (Wildman–Crippen MR) is 76.3 cm³/mol. The van der Waals surface area contributed by atoms with Crippen LogP contribution in [0.1, 0.15) is 39.5 Å². The molecule has 5 heteroatoms. The Morgan fingerprint density at radius 3 is 2.50 bits per heavy atom. The number of carbonyl (C=O) groups excluding carboxylic acids is 1. The molecule has 0 spiro atoms. The largest absolute Gasteiger partial charge is 0.480 e. The number of carboxylic acid groups (broad SMARTS) is 1. The number of carbonyl (C=O) groups is 2. The Balaban J connectivity index is 1.91. The van der Waals surface area contributed by atoms with E-state index < -0.39 is 5.97 Å². The molecule has 2 atom stereocenters. The molecule has 1 saturated carbocycles. The standard InChI is InChI=1S/C15H26N2O3/c1-10(2)15(20)16-13-6-12(5-11-3-4-11)7-17(8-13)9-14(18)19/h10-13H,3-9H2,1-2H3,(H,16,20)(H,18,19). The van der Waals surface area contributed by atoms with Crippen molar-refractivity contribution in [3.8, 4) is 0 Å². The van der Waals surface area contributed by atoms with Crippen LogP contribution in [-0.4, -0.2) is 47.6 Å². The van der Waals surface area contributed by atoms with E-state index in [9.17, 15) is 9.59 Å². The Hall–Kier alpha value is -1.10. The van der Waals surface area contributed by atoms with Gasteiger partial charge in [0.25, 0.3) is 0 Å². The molecule has 0 aromatic heterocycles. The summed E-state index contributed by atoms with van der Waals surface area (Å²) < 4.78 is 0. The molecular weight excluding hydrogens is 256 g/mol. The van der Waals surface area contributed by atoms with Crippen molar-refractivity contribution in [3.05, 3.63) is 0 Å². The van der Waals surface area contributed by atoms with Gasteiger partial charge < -0.3 is 10.4 Å². The first-order chi connectivity index (χ1) is 9.44. The number of piperidine rings is 1. The molecule has 1 saturated heterocycles. The maximum atomic E-state index is 11.8. The third kappa shape index (κ3) is 4.78. The monoisotopic (exact) mass is 282 g/mol. The van der Waals surface area contributed by atoms with Crippen LogP contribution in [0.25, 0.3) is 0 Å². The lowest BCUT2D eigenvalue weighted by molar-refractivity contribution is -0.138. The summed E-state index contributed by atoms with van der Waals surface area (Å²) in [5.41, 5.74) is 0. The fourth-order valence-electron chi connectivity index (χ4n) is 3.09. The van der Waals surface area contributed by atoms with Gasteiger partial charge in [0.2, 0.25) is 5.91 Å². The summed E-state index contributed by atoms with van der Waals surface area (Å²) in [5, 5.41) is 12.0. The second kappa shape index (κ2) is 6.57. The van der Waals surface area contributed by atoms with E-state index in [1.807, 2.05) is 18.7 Å². The van der Waals surface area contributed by atoms with E-state index in [0.29, 0.717) is 12.5 Å². The van der Waals surface area contributed by atoms with Gasteiger partial charge in [0.1, 0.15) is 0 Å². The zero-order valence-corrected chi connectivity index (χ0v) is 12.5. The molecule has 0 bridgehead atoms. The van der Waals surface area contributed by atoms with Crippen molar-refractivity contribution >= 4 is 11.9 Å². The molecule has 1 amide bonds. The summed E-state index contributed by atoms with van der Waals surface area (Å²) in [5.74, 6) is 0.620. The van der Waals surface area contributed by atoms with E-state index in [0.717, 1.165) is 18.9 Å². The third-order valence-corrected chi connectivity index (χ3v) is 4.21. The average molecular weight is 282 g/mol. The van der Waals surface area contributed by atoms with Gasteiger partial charge in [-0.3, -0.25) is 14.5 Å². The average Bonchev–Trinajstić information content (AvgIpc) is 3.11. The van der Waals surface area contributed by atoms with Crippen molar-refractivity contribution in [1.29, 1.82) is 0 Å². The lowest BCUT2D eigenvalue weighted by Crippen LogP contribution is -2.52. The highest BCUT2D eigenvalue weighted by Gasteiger charge is 2.33. The predicted octanol–water partition coefficient (Wildman–Crippen LogP) is 1.33. The van der Waals surface area contributed by atoms with Gasteiger partial charge in [-0.15, -0.1) is 0 Å². The molecule has 0 aromatic carbocycles. The van der Waals surface area contributed by atoms with Crippen molar-refractivity contribution in [1.82, 2.24) is 10.2 Å². The summed E-state index contributed by atoms with van der Waals surface area (Å²) in [6.45, 7) is 5.36. The van der Waals surface area contributed by atoms with Gasteiger partial charge in [-0.1, -0.05) is 26.7 Å². The third-order valence-electron chi connectivity index (χ3n) is 4.21. The number of carboxylic acids is 1. The van der Waals surface area contributed by atoms with Crippen LogP contribution in [-0.2, 0) is 9.59 Å². The van der Waals surface area contributed by atoms with Crippen molar-refractivity contribution < 1.29 is 14.7 Å². The van der Waals surface area contributed by atoms with E-state index in [1.165, 1.54) is 19.3 Å². The summed E-state index contributed by atoms with van der Waals surface area (Å²) in [6, 6.07) is 0.0988. The smallest absolute Gasteiger partial charge is 0.317 e. The molecule has 114 valence electrons. The molecule has 1 aliphatic carbocycles. The highest BCUT2D eigenvalue weighted by Crippen LogP contribution is 2.37. The van der Waals surface area contributed by atoms with Crippen LogP contribution in [0.5, 0.6) is 0 Å². The van der Waals surface area contributed by atoms with Crippen molar-refractivity contribution in [2.45, 2.75) is 45.6 Å².